The largest absolute Gasteiger partial charge is 0.504 e. The minimum Gasteiger partial charge on any atom is -0.504 e. The average molecular weight is 288 g/mol. The van der Waals surface area contributed by atoms with Crippen LogP contribution in [-0.2, 0) is 6.54 Å². The van der Waals surface area contributed by atoms with E-state index in [2.05, 4.69) is 26.1 Å². The Morgan fingerprint density at radius 3 is 2.81 bits per heavy atom. The lowest BCUT2D eigenvalue weighted by Crippen LogP contribution is -1.95. The number of benzene rings is 1. The lowest BCUT2D eigenvalue weighted by Gasteiger charge is -2.00. The molecule has 0 bridgehead atoms. The number of phenols is 1. The Balaban J connectivity index is 2.48. The van der Waals surface area contributed by atoms with Gasteiger partial charge >= 0.3 is 0 Å². The van der Waals surface area contributed by atoms with Crippen molar-refractivity contribution in [3.63, 3.8) is 0 Å². The maximum absolute atomic E-state index is 13.2. The van der Waals surface area contributed by atoms with Crippen molar-refractivity contribution in [1.29, 1.82) is 0 Å². The molecule has 0 atom stereocenters. The monoisotopic (exact) mass is 287 g/mol. The van der Waals surface area contributed by atoms with Gasteiger partial charge in [0.25, 0.3) is 0 Å². The summed E-state index contributed by atoms with van der Waals surface area (Å²) in [5.41, 5.74) is 5.70. The van der Waals surface area contributed by atoms with Gasteiger partial charge in [0.15, 0.2) is 11.6 Å². The van der Waals surface area contributed by atoms with E-state index in [0.717, 1.165) is 6.07 Å². The standard InChI is InChI=1S/C9H7BrFN3O2/c10-5-1-4(2-6(11)8(5)15)9-13-7(3-12)16-14-9/h1-2,15H,3,12H2. The maximum atomic E-state index is 13.2. The van der Waals surface area contributed by atoms with E-state index < -0.39 is 11.6 Å². The number of nitrogens with zero attached hydrogens (tertiary/aromatic N) is 2. The molecule has 0 aliphatic rings. The van der Waals surface area contributed by atoms with Crippen LogP contribution in [0.1, 0.15) is 5.89 Å². The Bertz CT molecular complexity index is 506. The topological polar surface area (TPSA) is 85.2 Å². The Morgan fingerprint density at radius 1 is 1.50 bits per heavy atom. The second-order valence-electron chi connectivity index (χ2n) is 3.00. The van der Waals surface area contributed by atoms with E-state index in [4.69, 9.17) is 10.3 Å². The van der Waals surface area contributed by atoms with Gasteiger partial charge in [-0.2, -0.15) is 4.98 Å². The molecule has 5 nitrogen and oxygen atoms in total. The first-order chi connectivity index (χ1) is 7.61. The average Bonchev–Trinajstić information content (AvgIpc) is 2.73. The molecule has 0 amide bonds. The normalized spacial score (nSPS) is 10.7. The Labute approximate surface area is 98.2 Å². The number of phenolic OH excluding ortho intramolecular Hbond substituents is 1. The minimum absolute atomic E-state index is 0.120. The van der Waals surface area contributed by atoms with Crippen LogP contribution in [-0.4, -0.2) is 15.2 Å². The molecular formula is C9H7BrFN3O2. The van der Waals surface area contributed by atoms with Crippen LogP contribution in [0.2, 0.25) is 0 Å². The van der Waals surface area contributed by atoms with Crippen molar-refractivity contribution in [2.75, 3.05) is 0 Å². The summed E-state index contributed by atoms with van der Waals surface area (Å²) < 4.78 is 18.2. The van der Waals surface area contributed by atoms with Crippen molar-refractivity contribution >= 4 is 15.9 Å². The molecule has 0 radical (unpaired) electrons. The van der Waals surface area contributed by atoms with Crippen molar-refractivity contribution in [3.8, 4) is 17.1 Å². The number of nitrogens with two attached hydrogens (primary N) is 1. The molecule has 2 aromatic rings. The molecule has 0 saturated heterocycles. The van der Waals surface area contributed by atoms with Crippen molar-refractivity contribution in [2.45, 2.75) is 6.54 Å². The molecule has 7 heteroatoms. The molecular weight excluding hydrogens is 281 g/mol. The first-order valence-corrected chi connectivity index (χ1v) is 5.12. The molecule has 3 N–H and O–H groups in total. The van der Waals surface area contributed by atoms with Crippen LogP contribution in [0, 0.1) is 5.82 Å². The number of hydrogen-bond acceptors (Lipinski definition) is 5. The molecule has 0 aliphatic carbocycles. The van der Waals surface area contributed by atoms with Crippen LogP contribution in [0.4, 0.5) is 4.39 Å². The molecule has 0 saturated carbocycles. The second-order valence-corrected chi connectivity index (χ2v) is 3.86. The molecule has 0 fully saturated rings. The van der Waals surface area contributed by atoms with E-state index in [9.17, 15) is 9.50 Å². The van der Waals surface area contributed by atoms with Crippen LogP contribution in [0.3, 0.4) is 0 Å². The quantitative estimate of drug-likeness (QED) is 0.880. The summed E-state index contributed by atoms with van der Waals surface area (Å²) in [7, 11) is 0. The van der Waals surface area contributed by atoms with E-state index in [1.807, 2.05) is 0 Å². The van der Waals surface area contributed by atoms with Gasteiger partial charge in [0, 0.05) is 5.56 Å². The maximum Gasteiger partial charge on any atom is 0.240 e. The third-order valence-corrected chi connectivity index (χ3v) is 2.52. The highest BCUT2D eigenvalue weighted by molar-refractivity contribution is 9.10. The Hall–Kier alpha value is -1.47. The van der Waals surface area contributed by atoms with E-state index in [1.54, 1.807) is 0 Å². The SMILES string of the molecule is NCc1nc(-c2cc(F)c(O)c(Br)c2)no1. The van der Waals surface area contributed by atoms with Crippen molar-refractivity contribution in [1.82, 2.24) is 10.1 Å². The number of hydrogen-bond donors (Lipinski definition) is 2. The highest BCUT2D eigenvalue weighted by Gasteiger charge is 2.13. The highest BCUT2D eigenvalue weighted by atomic mass is 79.9. The van der Waals surface area contributed by atoms with Crippen molar-refractivity contribution in [2.24, 2.45) is 5.73 Å². The van der Waals surface area contributed by atoms with E-state index in [-0.39, 0.29) is 22.7 Å². The van der Waals surface area contributed by atoms with Crippen LogP contribution in [0.15, 0.2) is 21.1 Å². The predicted octanol–water partition coefficient (Wildman–Crippen LogP) is 1.80. The lowest BCUT2D eigenvalue weighted by atomic mass is 10.2. The molecule has 0 unspecified atom stereocenters. The zero-order chi connectivity index (χ0) is 11.7. The summed E-state index contributed by atoms with van der Waals surface area (Å²) in [4.78, 5) is 3.94. The number of aromatic nitrogens is 2. The lowest BCUT2D eigenvalue weighted by molar-refractivity contribution is 0.380. The number of halogens is 2. The van der Waals surface area contributed by atoms with E-state index >= 15 is 0 Å². The molecule has 1 heterocycles. The van der Waals surface area contributed by atoms with E-state index in [0.29, 0.717) is 5.56 Å². The van der Waals surface area contributed by atoms with Gasteiger partial charge in [0.1, 0.15) is 0 Å². The molecule has 1 aromatic carbocycles. The molecule has 2 rings (SSSR count). The number of rotatable bonds is 2. The van der Waals surface area contributed by atoms with Gasteiger partial charge in [-0.25, -0.2) is 4.39 Å². The fourth-order valence-corrected chi connectivity index (χ4v) is 1.59. The third kappa shape index (κ3) is 1.91. The molecule has 0 aliphatic heterocycles. The van der Waals surface area contributed by atoms with E-state index in [1.165, 1.54) is 6.07 Å². The minimum atomic E-state index is -0.761. The summed E-state index contributed by atoms with van der Waals surface area (Å²) in [5.74, 6) is -0.727. The fraction of sp³-hybridized carbons (Fsp3) is 0.111. The van der Waals surface area contributed by atoms with Gasteiger partial charge in [0.05, 0.1) is 11.0 Å². The predicted molar refractivity (Wildman–Crippen MR) is 56.9 cm³/mol. The van der Waals surface area contributed by atoms with Gasteiger partial charge in [0.2, 0.25) is 11.7 Å². The summed E-state index contributed by atoms with van der Waals surface area (Å²) in [5, 5.41) is 12.9. The van der Waals surface area contributed by atoms with Crippen molar-refractivity contribution in [3.05, 3.63) is 28.3 Å². The third-order valence-electron chi connectivity index (χ3n) is 1.92. The van der Waals surface area contributed by atoms with Gasteiger partial charge in [-0.3, -0.25) is 0 Å². The van der Waals surface area contributed by atoms with Gasteiger partial charge in [-0.05, 0) is 28.1 Å². The van der Waals surface area contributed by atoms with Crippen LogP contribution >= 0.6 is 15.9 Å². The van der Waals surface area contributed by atoms with Crippen LogP contribution in [0.5, 0.6) is 5.75 Å². The fourth-order valence-electron chi connectivity index (χ4n) is 1.15. The first kappa shape index (κ1) is 11.0. The molecule has 1 aromatic heterocycles. The van der Waals surface area contributed by atoms with Gasteiger partial charge in [-0.15, -0.1) is 0 Å². The summed E-state index contributed by atoms with van der Waals surface area (Å²) in [6.07, 6.45) is 0. The number of aromatic hydroxyl groups is 1. The first-order valence-electron chi connectivity index (χ1n) is 4.33. The van der Waals surface area contributed by atoms with Crippen LogP contribution in [0.25, 0.3) is 11.4 Å². The summed E-state index contributed by atoms with van der Waals surface area (Å²) >= 11 is 3.02. The second kappa shape index (κ2) is 4.18. The zero-order valence-corrected chi connectivity index (χ0v) is 9.53. The highest BCUT2D eigenvalue weighted by Crippen LogP contribution is 2.31. The zero-order valence-electron chi connectivity index (χ0n) is 7.94. The smallest absolute Gasteiger partial charge is 0.240 e. The van der Waals surface area contributed by atoms with Crippen molar-refractivity contribution < 1.29 is 14.0 Å². The molecule has 0 spiro atoms. The molecule has 84 valence electrons. The summed E-state index contributed by atoms with van der Waals surface area (Å²) in [6.45, 7) is 0.120. The van der Waals surface area contributed by atoms with Gasteiger partial charge in [-0.1, -0.05) is 5.16 Å². The van der Waals surface area contributed by atoms with Gasteiger partial charge < -0.3 is 15.4 Å². The van der Waals surface area contributed by atoms with Crippen LogP contribution < -0.4 is 5.73 Å². The Morgan fingerprint density at radius 2 is 2.25 bits per heavy atom. The Kier molecular flexibility index (Phi) is 2.88. The molecule has 16 heavy (non-hydrogen) atoms. The summed E-state index contributed by atoms with van der Waals surface area (Å²) in [6, 6.07) is 2.61.